The van der Waals surface area contributed by atoms with Gasteiger partial charge in [-0.05, 0) is 48.5 Å². The number of anilines is 2. The number of fused-ring (bicyclic) bond motifs is 1. The molecule has 0 saturated heterocycles. The highest BCUT2D eigenvalue weighted by Gasteiger charge is 2.32. The molecule has 0 spiro atoms. The zero-order chi connectivity index (χ0) is 20.5. The molecule has 0 bridgehead atoms. The zero-order valence-corrected chi connectivity index (χ0v) is 17.1. The quantitative estimate of drug-likeness (QED) is 0.562. The lowest BCUT2D eigenvalue weighted by Crippen LogP contribution is -2.42. The van der Waals surface area contributed by atoms with E-state index in [1.807, 2.05) is 29.2 Å². The van der Waals surface area contributed by atoms with Crippen molar-refractivity contribution in [3.05, 3.63) is 71.5 Å². The van der Waals surface area contributed by atoms with Gasteiger partial charge in [-0.25, -0.2) is 4.79 Å². The van der Waals surface area contributed by atoms with Crippen molar-refractivity contribution in [3.8, 4) is 5.75 Å². The number of hydrogen-bond acceptors (Lipinski definition) is 7. The minimum Gasteiger partial charge on any atom is -0.497 e. The van der Waals surface area contributed by atoms with Crippen LogP contribution in [0.4, 0.5) is 17.3 Å². The van der Waals surface area contributed by atoms with Gasteiger partial charge in [0.25, 0.3) is 0 Å². The summed E-state index contributed by atoms with van der Waals surface area (Å²) in [6, 6.07) is 14.3. The van der Waals surface area contributed by atoms with Crippen LogP contribution in [0, 0.1) is 0 Å². The number of aromatic carboxylic acids is 1. The van der Waals surface area contributed by atoms with Gasteiger partial charge < -0.3 is 30.2 Å². The van der Waals surface area contributed by atoms with Crippen molar-refractivity contribution >= 4 is 41.5 Å². The number of ether oxygens (including phenoxy) is 1. The number of halogens is 1. The van der Waals surface area contributed by atoms with E-state index in [0.29, 0.717) is 28.7 Å². The fourth-order valence-corrected chi connectivity index (χ4v) is 3.36. The minimum absolute atomic E-state index is 0. The molecule has 1 atom stereocenters. The number of nitrogens with two attached hydrogens (primary N) is 1. The van der Waals surface area contributed by atoms with Crippen LogP contribution in [0.25, 0.3) is 0 Å². The van der Waals surface area contributed by atoms with Crippen LogP contribution in [-0.4, -0.2) is 31.1 Å². The summed E-state index contributed by atoms with van der Waals surface area (Å²) in [5.74, 6) is 0.585. The number of rotatable bonds is 5. The van der Waals surface area contributed by atoms with Gasteiger partial charge in [0.05, 0.1) is 24.5 Å². The number of carboxylic acids is 1. The third-order valence-electron chi connectivity index (χ3n) is 4.83. The second kappa shape index (κ2) is 8.48. The second-order valence-electron chi connectivity index (χ2n) is 6.44. The van der Waals surface area contributed by atoms with Crippen LogP contribution in [0.1, 0.15) is 27.7 Å². The molecule has 1 aliphatic rings. The average Bonchev–Trinajstić information content (AvgIpc) is 3.22. The highest BCUT2D eigenvalue weighted by molar-refractivity contribution is 6.13. The zero-order valence-electron chi connectivity index (χ0n) is 16.3. The summed E-state index contributed by atoms with van der Waals surface area (Å²) in [4.78, 5) is 18.2. The van der Waals surface area contributed by atoms with Crippen LogP contribution in [0.5, 0.6) is 5.75 Å². The summed E-state index contributed by atoms with van der Waals surface area (Å²) in [6.45, 7) is 0. The molecule has 2 aromatic carbocycles. The topological polar surface area (TPSA) is 113 Å². The van der Waals surface area contributed by atoms with E-state index in [0.717, 1.165) is 11.3 Å². The van der Waals surface area contributed by atoms with Crippen molar-refractivity contribution in [1.82, 2.24) is 0 Å². The summed E-state index contributed by atoms with van der Waals surface area (Å²) in [5.41, 5.74) is 9.34. The fourth-order valence-electron chi connectivity index (χ4n) is 3.36. The van der Waals surface area contributed by atoms with Crippen LogP contribution in [-0.2, 0) is 0 Å². The monoisotopic (exact) mass is 428 g/mol. The normalized spacial score (nSPS) is 15.0. The first-order valence-electron chi connectivity index (χ1n) is 8.94. The van der Waals surface area contributed by atoms with Crippen LogP contribution in [0.15, 0.2) is 64.2 Å². The summed E-state index contributed by atoms with van der Waals surface area (Å²) >= 11 is 0. The van der Waals surface area contributed by atoms with E-state index in [1.165, 1.54) is 6.26 Å². The SMILES string of the molecule is CNc1ccc(C2=Nc3occc3C(N)N2c2ccc(OC)cc2)cc1C(=O)O.Cl. The number of amidine groups is 1. The lowest BCUT2D eigenvalue weighted by molar-refractivity contribution is 0.0698. The highest BCUT2D eigenvalue weighted by atomic mass is 35.5. The molecule has 8 nitrogen and oxygen atoms in total. The Labute approximate surface area is 179 Å². The third-order valence-corrected chi connectivity index (χ3v) is 4.83. The van der Waals surface area contributed by atoms with Gasteiger partial charge in [-0.2, -0.15) is 4.99 Å². The highest BCUT2D eigenvalue weighted by Crippen LogP contribution is 2.38. The number of nitrogens with zero attached hydrogens (tertiary/aromatic N) is 2. The molecule has 156 valence electrons. The predicted molar refractivity (Wildman–Crippen MR) is 118 cm³/mol. The van der Waals surface area contributed by atoms with Gasteiger partial charge in [0.1, 0.15) is 17.8 Å². The summed E-state index contributed by atoms with van der Waals surface area (Å²) < 4.78 is 10.7. The van der Waals surface area contributed by atoms with Crippen LogP contribution < -0.4 is 20.7 Å². The van der Waals surface area contributed by atoms with E-state index in [1.54, 1.807) is 38.4 Å². The lowest BCUT2D eigenvalue weighted by atomic mass is 10.0. The molecule has 3 aromatic rings. The van der Waals surface area contributed by atoms with E-state index in [9.17, 15) is 9.90 Å². The van der Waals surface area contributed by atoms with E-state index in [-0.39, 0.29) is 18.0 Å². The molecule has 30 heavy (non-hydrogen) atoms. The molecule has 9 heteroatoms. The number of nitrogens with one attached hydrogen (secondary N) is 1. The first kappa shape index (κ1) is 21.2. The molecule has 0 aliphatic carbocycles. The van der Waals surface area contributed by atoms with E-state index >= 15 is 0 Å². The van der Waals surface area contributed by atoms with Crippen molar-refractivity contribution in [2.24, 2.45) is 10.7 Å². The molecule has 0 fully saturated rings. The largest absolute Gasteiger partial charge is 0.497 e. The summed E-state index contributed by atoms with van der Waals surface area (Å²) in [7, 11) is 3.28. The standard InChI is InChI=1S/C21H20N4O4.ClH/c1-23-17-8-3-12(11-16(17)21(26)27)19-24-20-15(9-10-29-20)18(22)25(19)13-4-6-14(28-2)7-5-13;/h3-11,18,23H,22H2,1-2H3,(H,26,27);1H. The van der Waals surface area contributed by atoms with Crippen molar-refractivity contribution < 1.29 is 19.1 Å². The Balaban J connectivity index is 0.00000256. The number of furan rings is 1. The number of hydrogen-bond donors (Lipinski definition) is 3. The van der Waals surface area contributed by atoms with Crippen LogP contribution in [0.3, 0.4) is 0 Å². The first-order chi connectivity index (χ1) is 14.0. The minimum atomic E-state index is -1.04. The molecule has 4 rings (SSSR count). The van der Waals surface area contributed by atoms with Gasteiger partial charge in [0.15, 0.2) is 0 Å². The molecule has 2 heterocycles. The molecule has 0 radical (unpaired) electrons. The van der Waals surface area contributed by atoms with Gasteiger partial charge in [-0.1, -0.05) is 0 Å². The van der Waals surface area contributed by atoms with E-state index in [2.05, 4.69) is 10.3 Å². The van der Waals surface area contributed by atoms with E-state index < -0.39 is 12.1 Å². The molecule has 1 aromatic heterocycles. The van der Waals surface area contributed by atoms with Crippen LogP contribution in [0.2, 0.25) is 0 Å². The Morgan fingerprint density at radius 2 is 1.97 bits per heavy atom. The first-order valence-corrected chi connectivity index (χ1v) is 8.94. The molecular formula is C21H21ClN4O4. The smallest absolute Gasteiger partial charge is 0.337 e. The maximum atomic E-state index is 11.7. The Morgan fingerprint density at radius 1 is 1.23 bits per heavy atom. The van der Waals surface area contributed by atoms with Gasteiger partial charge in [0.2, 0.25) is 5.88 Å². The number of benzene rings is 2. The average molecular weight is 429 g/mol. The van der Waals surface area contributed by atoms with Crippen molar-refractivity contribution in [2.45, 2.75) is 6.17 Å². The number of carbonyl (C=O) groups is 1. The molecule has 0 saturated carbocycles. The van der Waals surface area contributed by atoms with Gasteiger partial charge >= 0.3 is 5.97 Å². The number of methoxy groups -OCH3 is 1. The Bertz CT molecular complexity index is 1090. The van der Waals surface area contributed by atoms with Crippen LogP contribution >= 0.6 is 12.4 Å². The van der Waals surface area contributed by atoms with E-state index in [4.69, 9.17) is 14.9 Å². The van der Waals surface area contributed by atoms with Crippen molar-refractivity contribution in [2.75, 3.05) is 24.4 Å². The van der Waals surface area contributed by atoms with Gasteiger partial charge in [-0.15, -0.1) is 12.4 Å². The molecule has 0 amide bonds. The predicted octanol–water partition coefficient (Wildman–Crippen LogP) is 4.01. The number of carboxylic acid groups (broad SMARTS) is 1. The van der Waals surface area contributed by atoms with Crippen molar-refractivity contribution in [1.29, 1.82) is 0 Å². The Morgan fingerprint density at radius 3 is 2.60 bits per heavy atom. The second-order valence-corrected chi connectivity index (χ2v) is 6.44. The summed E-state index contributed by atoms with van der Waals surface area (Å²) in [5, 5.41) is 12.5. The fraction of sp³-hybridized carbons (Fsp3) is 0.143. The molecule has 1 unspecified atom stereocenters. The Kier molecular flexibility index (Phi) is 6.00. The van der Waals surface area contributed by atoms with Gasteiger partial charge in [0, 0.05) is 24.0 Å². The van der Waals surface area contributed by atoms with Gasteiger partial charge in [-0.3, -0.25) is 0 Å². The Hall–Kier alpha value is -3.49. The third kappa shape index (κ3) is 3.58. The number of aliphatic imine (C=N–C) groups is 1. The molecule has 1 aliphatic heterocycles. The molecule has 4 N–H and O–H groups in total. The summed E-state index contributed by atoms with van der Waals surface area (Å²) in [6.07, 6.45) is 0.984. The maximum Gasteiger partial charge on any atom is 0.337 e. The van der Waals surface area contributed by atoms with Crippen molar-refractivity contribution in [3.63, 3.8) is 0 Å². The maximum absolute atomic E-state index is 11.7. The molecular weight excluding hydrogens is 408 g/mol. The lowest BCUT2D eigenvalue weighted by Gasteiger charge is -2.34.